The van der Waals surface area contributed by atoms with Gasteiger partial charge < -0.3 is 15.6 Å². The maximum absolute atomic E-state index is 12.5. The Morgan fingerprint density at radius 3 is 2.50 bits per heavy atom. The topological polar surface area (TPSA) is 91.1 Å². The molecule has 1 aromatic carbocycles. The molecule has 0 unspecified atom stereocenters. The molecule has 6 nitrogen and oxygen atoms in total. The van der Waals surface area contributed by atoms with Gasteiger partial charge in [-0.2, -0.15) is 0 Å². The smallest absolute Gasteiger partial charge is 0.268 e. The Morgan fingerprint density at radius 1 is 1.15 bits per heavy atom. The second kappa shape index (κ2) is 8.47. The number of carbonyl (C=O) groups excluding carboxylic acids is 3. The zero-order valence-electron chi connectivity index (χ0n) is 15.7. The summed E-state index contributed by atoms with van der Waals surface area (Å²) in [6.45, 7) is 7.31. The van der Waals surface area contributed by atoms with E-state index in [-0.39, 0.29) is 17.6 Å². The van der Waals surface area contributed by atoms with Gasteiger partial charge in [-0.1, -0.05) is 19.1 Å². The van der Waals surface area contributed by atoms with Crippen LogP contribution in [0.3, 0.4) is 0 Å². The zero-order valence-corrected chi connectivity index (χ0v) is 15.7. The minimum Gasteiger partial charge on any atom is -0.354 e. The van der Waals surface area contributed by atoms with Crippen LogP contribution in [0.5, 0.6) is 0 Å². The molecule has 3 N–H and O–H groups in total. The van der Waals surface area contributed by atoms with Crippen molar-refractivity contribution in [3.05, 3.63) is 52.3 Å². The maximum atomic E-state index is 12.5. The highest BCUT2D eigenvalue weighted by Gasteiger charge is 2.19. The second-order valence-electron chi connectivity index (χ2n) is 6.36. The van der Waals surface area contributed by atoms with E-state index < -0.39 is 0 Å². The number of ketones is 1. The van der Waals surface area contributed by atoms with E-state index in [9.17, 15) is 14.4 Å². The summed E-state index contributed by atoms with van der Waals surface area (Å²) in [5, 5.41) is 5.69. The molecule has 0 spiro atoms. The molecular weight excluding hydrogens is 330 g/mol. The Morgan fingerprint density at radius 2 is 1.88 bits per heavy atom. The van der Waals surface area contributed by atoms with Crippen molar-refractivity contribution in [2.24, 2.45) is 0 Å². The number of amides is 2. The summed E-state index contributed by atoms with van der Waals surface area (Å²) in [6.07, 6.45) is 1.27. The number of H-pyrrole nitrogens is 1. The average Bonchev–Trinajstić information content (AvgIpc) is 2.88. The van der Waals surface area contributed by atoms with Gasteiger partial charge in [-0.15, -0.1) is 0 Å². The van der Waals surface area contributed by atoms with Crippen LogP contribution in [0.15, 0.2) is 24.3 Å². The van der Waals surface area contributed by atoms with Gasteiger partial charge in [0.2, 0.25) is 5.91 Å². The van der Waals surface area contributed by atoms with E-state index in [0.717, 1.165) is 12.0 Å². The Hall–Kier alpha value is -2.89. The number of benzene rings is 1. The van der Waals surface area contributed by atoms with Crippen LogP contribution in [0.4, 0.5) is 5.69 Å². The molecule has 0 saturated heterocycles. The van der Waals surface area contributed by atoms with Crippen molar-refractivity contribution in [1.29, 1.82) is 0 Å². The number of aromatic amines is 1. The first-order valence-electron chi connectivity index (χ1n) is 8.70. The molecule has 2 aromatic rings. The van der Waals surface area contributed by atoms with Crippen LogP contribution in [-0.4, -0.2) is 22.6 Å². The fourth-order valence-corrected chi connectivity index (χ4v) is 2.99. The van der Waals surface area contributed by atoms with Gasteiger partial charge in [-0.3, -0.25) is 14.4 Å². The van der Waals surface area contributed by atoms with E-state index in [1.807, 2.05) is 31.2 Å². The number of carbonyl (C=O) groups is 3. The van der Waals surface area contributed by atoms with E-state index >= 15 is 0 Å². The minimum atomic E-state index is -0.265. The van der Waals surface area contributed by atoms with Crippen LogP contribution in [-0.2, 0) is 11.3 Å². The van der Waals surface area contributed by atoms with Gasteiger partial charge in [0.25, 0.3) is 5.91 Å². The van der Waals surface area contributed by atoms with Gasteiger partial charge in [-0.25, -0.2) is 0 Å². The van der Waals surface area contributed by atoms with Gasteiger partial charge >= 0.3 is 0 Å². The Labute approximate surface area is 153 Å². The quantitative estimate of drug-likeness (QED) is 0.664. The average molecular weight is 355 g/mol. The third-order valence-electron chi connectivity index (χ3n) is 4.16. The summed E-state index contributed by atoms with van der Waals surface area (Å²) < 4.78 is 0. The number of rotatable bonds is 7. The first-order chi connectivity index (χ1) is 12.3. The molecule has 0 aliphatic carbocycles. The molecule has 138 valence electrons. The molecule has 0 saturated carbocycles. The predicted octanol–water partition coefficient (Wildman–Crippen LogP) is 3.50. The highest BCUT2D eigenvalue weighted by atomic mass is 16.2. The van der Waals surface area contributed by atoms with Crippen molar-refractivity contribution >= 4 is 23.3 Å². The number of Topliss-reactive ketones (excluding diaryl/α,β-unsaturated/α-hetero) is 1. The maximum Gasteiger partial charge on any atom is 0.268 e. The van der Waals surface area contributed by atoms with Crippen molar-refractivity contribution in [3.8, 4) is 0 Å². The second-order valence-corrected chi connectivity index (χ2v) is 6.36. The van der Waals surface area contributed by atoms with E-state index in [1.54, 1.807) is 13.8 Å². The minimum absolute atomic E-state index is 0.0251. The monoisotopic (exact) mass is 355 g/mol. The molecule has 2 rings (SSSR count). The Balaban J connectivity index is 2.05. The zero-order chi connectivity index (χ0) is 19.3. The Bertz CT molecular complexity index is 837. The number of hydrogen-bond acceptors (Lipinski definition) is 3. The molecule has 0 aliphatic heterocycles. The Kier molecular flexibility index (Phi) is 6.33. The fraction of sp³-hybridized carbons (Fsp3) is 0.350. The highest BCUT2D eigenvalue weighted by molar-refractivity contribution is 6.02. The summed E-state index contributed by atoms with van der Waals surface area (Å²) >= 11 is 0. The van der Waals surface area contributed by atoms with Crippen molar-refractivity contribution in [1.82, 2.24) is 10.3 Å². The number of hydrogen-bond donors (Lipinski definition) is 3. The number of aromatic nitrogens is 1. The van der Waals surface area contributed by atoms with Gasteiger partial charge in [0.05, 0.1) is 0 Å². The van der Waals surface area contributed by atoms with Crippen LogP contribution in [0.25, 0.3) is 0 Å². The van der Waals surface area contributed by atoms with Crippen LogP contribution >= 0.6 is 0 Å². The van der Waals surface area contributed by atoms with Gasteiger partial charge in [-0.05, 0) is 50.5 Å². The van der Waals surface area contributed by atoms with Crippen LogP contribution in [0, 0.1) is 13.8 Å². The van der Waals surface area contributed by atoms with E-state index in [0.29, 0.717) is 41.2 Å². The third kappa shape index (κ3) is 4.59. The van der Waals surface area contributed by atoms with Crippen molar-refractivity contribution in [3.63, 3.8) is 0 Å². The molecule has 1 heterocycles. The molecule has 0 fully saturated rings. The largest absolute Gasteiger partial charge is 0.354 e. The van der Waals surface area contributed by atoms with E-state index in [1.165, 1.54) is 6.92 Å². The predicted molar refractivity (Wildman–Crippen MR) is 101 cm³/mol. The van der Waals surface area contributed by atoms with Crippen LogP contribution < -0.4 is 10.6 Å². The lowest BCUT2D eigenvalue weighted by atomic mass is 10.1. The molecule has 1 aromatic heterocycles. The summed E-state index contributed by atoms with van der Waals surface area (Å²) in [4.78, 5) is 38.8. The molecule has 0 radical (unpaired) electrons. The first-order valence-corrected chi connectivity index (χ1v) is 8.70. The standard InChI is InChI=1S/C20H25N3O3/c1-5-7-17(25)23-16-9-6-8-15(10-16)11-21-20(26)19-12(2)18(14(4)24)13(3)22-19/h6,8-10,22H,5,7,11H2,1-4H3,(H,21,26)(H,23,25). The van der Waals surface area contributed by atoms with Gasteiger partial charge in [0.15, 0.2) is 5.78 Å². The molecule has 0 aliphatic rings. The normalized spacial score (nSPS) is 10.5. The highest BCUT2D eigenvalue weighted by Crippen LogP contribution is 2.18. The molecule has 6 heteroatoms. The summed E-state index contributed by atoms with van der Waals surface area (Å²) in [6, 6.07) is 7.36. The van der Waals surface area contributed by atoms with Crippen molar-refractivity contribution in [2.75, 3.05) is 5.32 Å². The lowest BCUT2D eigenvalue weighted by molar-refractivity contribution is -0.116. The third-order valence-corrected chi connectivity index (χ3v) is 4.16. The summed E-state index contributed by atoms with van der Waals surface area (Å²) in [7, 11) is 0. The molecule has 0 bridgehead atoms. The number of aryl methyl sites for hydroxylation is 1. The summed E-state index contributed by atoms with van der Waals surface area (Å²) in [5.74, 6) is -0.354. The van der Waals surface area contributed by atoms with Gasteiger partial charge in [0, 0.05) is 29.9 Å². The van der Waals surface area contributed by atoms with Crippen LogP contribution in [0.2, 0.25) is 0 Å². The molecule has 26 heavy (non-hydrogen) atoms. The molecule has 2 amide bonds. The molecule has 0 atom stereocenters. The van der Waals surface area contributed by atoms with Crippen molar-refractivity contribution in [2.45, 2.75) is 47.1 Å². The summed E-state index contributed by atoms with van der Waals surface area (Å²) in [5.41, 5.74) is 3.91. The van der Waals surface area contributed by atoms with Crippen LogP contribution in [0.1, 0.15) is 64.4 Å². The number of nitrogens with one attached hydrogen (secondary N) is 3. The van der Waals surface area contributed by atoms with Crippen molar-refractivity contribution < 1.29 is 14.4 Å². The number of anilines is 1. The lowest BCUT2D eigenvalue weighted by Crippen LogP contribution is -2.24. The fourth-order valence-electron chi connectivity index (χ4n) is 2.99. The molecular formula is C20H25N3O3. The van der Waals surface area contributed by atoms with E-state index in [4.69, 9.17) is 0 Å². The SMILES string of the molecule is CCCC(=O)Nc1cccc(CNC(=O)c2[nH]c(C)c(C(C)=O)c2C)c1. The first kappa shape index (κ1) is 19.4. The lowest BCUT2D eigenvalue weighted by Gasteiger charge is -2.08. The van der Waals surface area contributed by atoms with Gasteiger partial charge in [0.1, 0.15) is 5.69 Å². The van der Waals surface area contributed by atoms with E-state index in [2.05, 4.69) is 15.6 Å².